The molecule has 9 rings (SSSR count). The van der Waals surface area contributed by atoms with Crippen LogP contribution in [0.3, 0.4) is 0 Å². The smallest absolute Gasteiger partial charge is 0.161 e. The van der Waals surface area contributed by atoms with Crippen molar-refractivity contribution in [1.29, 1.82) is 0 Å². The summed E-state index contributed by atoms with van der Waals surface area (Å²) in [5.41, 5.74) is 6.49. The van der Waals surface area contributed by atoms with Gasteiger partial charge in [-0.15, -0.1) is 5.23 Å². The van der Waals surface area contributed by atoms with Crippen LogP contribution in [0, 0.1) is 17.8 Å². The van der Waals surface area contributed by atoms with E-state index in [1.807, 2.05) is 58.2 Å². The Bertz CT molecular complexity index is 1610. The van der Waals surface area contributed by atoms with Crippen LogP contribution in [0.15, 0.2) is 79.1 Å². The van der Waals surface area contributed by atoms with Crippen molar-refractivity contribution in [2.24, 2.45) is 17.8 Å². The number of benzene rings is 2. The maximum atomic E-state index is 6.20. The molecule has 6 nitrogen and oxygen atoms in total. The zero-order valence-electron chi connectivity index (χ0n) is 25.6. The highest BCUT2D eigenvalue weighted by Crippen LogP contribution is 2.60. The van der Waals surface area contributed by atoms with Gasteiger partial charge in [0.25, 0.3) is 0 Å². The molecule has 5 aliphatic rings. The van der Waals surface area contributed by atoms with E-state index < -0.39 is 11.2 Å². The number of hydrogen-bond donors (Lipinski definition) is 0. The number of pyridine rings is 1. The Morgan fingerprint density at radius 1 is 0.674 bits per heavy atom. The predicted octanol–water partition coefficient (Wildman–Crippen LogP) is 8.58. The Hall–Kier alpha value is -3.61. The van der Waals surface area contributed by atoms with Gasteiger partial charge in [-0.25, -0.2) is 19.6 Å². The molecule has 1 aliphatic heterocycles. The van der Waals surface area contributed by atoms with Crippen LogP contribution < -0.4 is 5.23 Å². The first-order chi connectivity index (χ1) is 20.7. The summed E-state index contributed by atoms with van der Waals surface area (Å²) in [6, 6.07) is 23.5. The second-order valence-electron chi connectivity index (χ2n) is 14.5. The molecule has 5 fully saturated rings. The first-order valence-electron chi connectivity index (χ1n) is 15.9. The van der Waals surface area contributed by atoms with Crippen molar-refractivity contribution < 1.29 is 9.68 Å². The maximum absolute atomic E-state index is 6.20. The Balaban J connectivity index is 1.16. The fourth-order valence-corrected chi connectivity index (χ4v) is 8.36. The second kappa shape index (κ2) is 9.70. The molecule has 4 aromatic rings. The third-order valence-electron chi connectivity index (χ3n) is 10.9. The molecule has 0 spiro atoms. The topological polar surface area (TPSA) is 60.4 Å². The third-order valence-corrected chi connectivity index (χ3v) is 10.9. The lowest BCUT2D eigenvalue weighted by atomic mass is 9.48. The highest BCUT2D eigenvalue weighted by Gasteiger charge is 2.52. The van der Waals surface area contributed by atoms with Crippen LogP contribution in [0.25, 0.3) is 33.9 Å². The minimum atomic E-state index is -0.471. The van der Waals surface area contributed by atoms with Crippen molar-refractivity contribution >= 4 is 5.69 Å². The second-order valence-corrected chi connectivity index (χ2v) is 14.5. The van der Waals surface area contributed by atoms with E-state index in [1.165, 1.54) is 49.3 Å². The van der Waals surface area contributed by atoms with Gasteiger partial charge >= 0.3 is 0 Å². The lowest BCUT2D eigenvalue weighted by Gasteiger charge is -2.57. The molecule has 4 saturated carbocycles. The monoisotopic (exact) mass is 572 g/mol. The van der Waals surface area contributed by atoms with Gasteiger partial charge in [0, 0.05) is 29.1 Å². The van der Waals surface area contributed by atoms with Gasteiger partial charge in [-0.2, -0.15) is 0 Å². The van der Waals surface area contributed by atoms with E-state index in [0.717, 1.165) is 51.5 Å². The van der Waals surface area contributed by atoms with Gasteiger partial charge in [0.1, 0.15) is 11.2 Å². The molecular weight excluding hydrogens is 532 g/mol. The van der Waals surface area contributed by atoms with Crippen molar-refractivity contribution in [2.75, 3.05) is 5.23 Å². The largest absolute Gasteiger partial charge is 0.264 e. The van der Waals surface area contributed by atoms with Crippen LogP contribution in [-0.2, 0) is 15.1 Å². The van der Waals surface area contributed by atoms with Gasteiger partial charge < -0.3 is 0 Å². The van der Waals surface area contributed by atoms with Crippen molar-refractivity contribution in [2.45, 2.75) is 82.8 Å². The molecule has 6 heteroatoms. The molecule has 4 aliphatic carbocycles. The number of aromatic nitrogens is 3. The lowest BCUT2D eigenvalue weighted by Crippen LogP contribution is -2.48. The van der Waals surface area contributed by atoms with Crippen LogP contribution in [-0.4, -0.2) is 26.2 Å². The zero-order valence-corrected chi connectivity index (χ0v) is 25.6. The normalized spacial score (nSPS) is 28.4. The quantitative estimate of drug-likeness (QED) is 0.239. The Labute approximate surface area is 254 Å². The first kappa shape index (κ1) is 27.0. The van der Waals surface area contributed by atoms with E-state index in [-0.39, 0.29) is 0 Å². The number of anilines is 1. The molecule has 2 aromatic carbocycles. The molecule has 1 saturated heterocycles. The highest BCUT2D eigenvalue weighted by atomic mass is 17.0. The molecule has 0 unspecified atom stereocenters. The molecule has 3 heterocycles. The van der Waals surface area contributed by atoms with Gasteiger partial charge in [-0.05, 0) is 125 Å². The molecule has 0 amide bonds. The van der Waals surface area contributed by atoms with E-state index in [4.69, 9.17) is 19.6 Å². The Kier molecular flexibility index (Phi) is 6.08. The summed E-state index contributed by atoms with van der Waals surface area (Å²) >= 11 is 0. The summed E-state index contributed by atoms with van der Waals surface area (Å²) in [5.74, 6) is 3.46. The van der Waals surface area contributed by atoms with Crippen LogP contribution in [0.5, 0.6) is 0 Å². The molecule has 0 atom stereocenters. The molecule has 0 N–H and O–H groups in total. The Morgan fingerprint density at radius 3 is 1.88 bits per heavy atom. The summed E-state index contributed by atoms with van der Waals surface area (Å²) in [6.45, 7) is 8.18. The maximum Gasteiger partial charge on any atom is 0.161 e. The standard InChI is InChI=1S/C37H40N4O2/c1-35(2)36(3,4)43-41(42-35)31-9-5-7-28(18-31)33-19-32(39-34(40-33)29-8-6-14-38-23-29)27-10-12-30(13-11-27)37-20-24-15-25(21-37)17-26(16-24)22-37/h5-14,18-19,23-26H,15-17,20-22H2,1-4H3/t24-,25+,26-,37?. The van der Waals surface area contributed by atoms with E-state index in [1.54, 1.807) is 6.20 Å². The predicted molar refractivity (Wildman–Crippen MR) is 169 cm³/mol. The minimum Gasteiger partial charge on any atom is -0.264 e. The van der Waals surface area contributed by atoms with Crippen molar-refractivity contribution in [3.8, 4) is 33.9 Å². The third kappa shape index (κ3) is 4.67. The molecular formula is C37H40N4O2. The summed E-state index contributed by atoms with van der Waals surface area (Å²) in [6.07, 6.45) is 12.1. The average molecular weight is 573 g/mol. The minimum absolute atomic E-state index is 0.383. The number of hydrogen-bond acceptors (Lipinski definition) is 6. The fraction of sp³-hybridized carbons (Fsp3) is 0.432. The van der Waals surface area contributed by atoms with Crippen LogP contribution in [0.1, 0.15) is 71.8 Å². The van der Waals surface area contributed by atoms with E-state index in [0.29, 0.717) is 11.2 Å². The first-order valence-corrected chi connectivity index (χ1v) is 15.9. The summed E-state index contributed by atoms with van der Waals surface area (Å²) < 4.78 is 0. The molecule has 4 bridgehead atoms. The van der Waals surface area contributed by atoms with E-state index in [9.17, 15) is 0 Å². The van der Waals surface area contributed by atoms with Crippen molar-refractivity contribution in [3.05, 3.63) is 84.7 Å². The summed E-state index contributed by atoms with van der Waals surface area (Å²) in [4.78, 5) is 26.8. The Morgan fingerprint density at radius 2 is 1.28 bits per heavy atom. The van der Waals surface area contributed by atoms with Crippen LogP contribution in [0.2, 0.25) is 0 Å². The molecule has 0 radical (unpaired) electrons. The summed E-state index contributed by atoms with van der Waals surface area (Å²) in [7, 11) is 0. The van der Waals surface area contributed by atoms with Gasteiger partial charge in [-0.1, -0.05) is 36.4 Å². The molecule has 2 aromatic heterocycles. The zero-order chi connectivity index (χ0) is 29.4. The average Bonchev–Trinajstić information content (AvgIpc) is 3.23. The van der Waals surface area contributed by atoms with Crippen LogP contribution >= 0.6 is 0 Å². The van der Waals surface area contributed by atoms with Gasteiger partial charge in [0.2, 0.25) is 0 Å². The lowest BCUT2D eigenvalue weighted by molar-refractivity contribution is -0.0272. The van der Waals surface area contributed by atoms with Crippen molar-refractivity contribution in [3.63, 3.8) is 0 Å². The van der Waals surface area contributed by atoms with Crippen LogP contribution in [0.4, 0.5) is 5.69 Å². The number of rotatable bonds is 5. The van der Waals surface area contributed by atoms with E-state index in [2.05, 4.69) is 47.4 Å². The molecule has 220 valence electrons. The van der Waals surface area contributed by atoms with Gasteiger partial charge in [0.05, 0.1) is 17.1 Å². The van der Waals surface area contributed by atoms with Crippen molar-refractivity contribution in [1.82, 2.24) is 15.0 Å². The SMILES string of the molecule is CC1(C)ON(c2cccc(-c3cc(-c4ccc(C56C[C@H]7C[C@@H](C5)C[C@@H](C6)C7)cc4)nc(-c4cccnc4)n3)c2)OC1(C)C. The fourth-order valence-electron chi connectivity index (χ4n) is 8.36. The molecule has 43 heavy (non-hydrogen) atoms. The number of nitrogens with zero attached hydrogens (tertiary/aromatic N) is 4. The summed E-state index contributed by atoms with van der Waals surface area (Å²) in [5, 5.41) is 1.54. The van der Waals surface area contributed by atoms with E-state index >= 15 is 0 Å². The van der Waals surface area contributed by atoms with Gasteiger partial charge in [0.15, 0.2) is 5.82 Å². The highest BCUT2D eigenvalue weighted by molar-refractivity contribution is 5.73. The van der Waals surface area contributed by atoms with Gasteiger partial charge in [-0.3, -0.25) is 4.98 Å².